The smallest absolute Gasteiger partial charge is 0.119 e. The van der Waals surface area contributed by atoms with Crippen LogP contribution in [-0.4, -0.2) is 6.29 Å². The quantitative estimate of drug-likeness (QED) is 0.315. The summed E-state index contributed by atoms with van der Waals surface area (Å²) in [5, 5.41) is 0. The molecule has 0 aliphatic heterocycles. The predicted molar refractivity (Wildman–Crippen MR) is 44.0 cm³/mol. The largest absolute Gasteiger partial charge is 0.303 e. The molecule has 0 aromatic carbocycles. The van der Waals surface area contributed by atoms with Crippen molar-refractivity contribution in [2.75, 3.05) is 0 Å². The van der Waals surface area contributed by atoms with Crippen molar-refractivity contribution in [2.24, 2.45) is 0 Å². The third-order valence-electron chi connectivity index (χ3n) is 1.43. The van der Waals surface area contributed by atoms with E-state index in [1.165, 1.54) is 12.8 Å². The summed E-state index contributed by atoms with van der Waals surface area (Å²) in [6.45, 7) is 2.03. The lowest BCUT2D eigenvalue weighted by Crippen LogP contribution is -1.77. The molecule has 0 saturated carbocycles. The fraction of sp³-hybridized carbons (Fsp3) is 0.667. The maximum absolute atomic E-state index is 9.88. The lowest BCUT2D eigenvalue weighted by atomic mass is 10.1. The van der Waals surface area contributed by atoms with Crippen molar-refractivity contribution in [3.8, 4) is 0 Å². The van der Waals surface area contributed by atoms with Crippen LogP contribution in [0.25, 0.3) is 0 Å². The minimum Gasteiger partial charge on any atom is -0.303 e. The number of allylic oxidation sites excluding steroid dienone is 2. The molecule has 0 rings (SSSR count). The molecule has 1 nitrogen and oxygen atoms in total. The molecule has 0 heterocycles. The second-order valence-corrected chi connectivity index (χ2v) is 2.37. The Morgan fingerprint density at radius 1 is 1.10 bits per heavy atom. The van der Waals surface area contributed by atoms with Crippen LogP contribution in [0.4, 0.5) is 0 Å². The highest BCUT2D eigenvalue weighted by molar-refractivity contribution is 5.48. The summed E-state index contributed by atoms with van der Waals surface area (Å²) >= 11 is 0. The van der Waals surface area contributed by atoms with Crippen molar-refractivity contribution in [1.82, 2.24) is 0 Å². The summed E-state index contributed by atoms with van der Waals surface area (Å²) in [4.78, 5) is 9.88. The minimum absolute atomic E-state index is 0.732. The van der Waals surface area contributed by atoms with Crippen LogP contribution in [0.2, 0.25) is 0 Å². The SMILES string of the molecule is CC=CCCCCCC=O. The van der Waals surface area contributed by atoms with E-state index in [4.69, 9.17) is 0 Å². The molecule has 0 spiro atoms. The molecule has 10 heavy (non-hydrogen) atoms. The summed E-state index contributed by atoms with van der Waals surface area (Å²) in [5.74, 6) is 0. The van der Waals surface area contributed by atoms with Gasteiger partial charge in [0.1, 0.15) is 6.29 Å². The zero-order chi connectivity index (χ0) is 7.66. The molecular weight excluding hydrogens is 124 g/mol. The van der Waals surface area contributed by atoms with E-state index >= 15 is 0 Å². The van der Waals surface area contributed by atoms with Gasteiger partial charge < -0.3 is 4.79 Å². The van der Waals surface area contributed by atoms with Crippen molar-refractivity contribution in [1.29, 1.82) is 0 Å². The van der Waals surface area contributed by atoms with Crippen molar-refractivity contribution < 1.29 is 4.79 Å². The van der Waals surface area contributed by atoms with Crippen LogP contribution in [0.1, 0.15) is 39.0 Å². The van der Waals surface area contributed by atoms with Gasteiger partial charge in [0, 0.05) is 6.42 Å². The number of unbranched alkanes of at least 4 members (excludes halogenated alkanes) is 4. The van der Waals surface area contributed by atoms with E-state index in [1.54, 1.807) is 0 Å². The zero-order valence-electron chi connectivity index (χ0n) is 6.68. The van der Waals surface area contributed by atoms with Crippen LogP contribution in [0.15, 0.2) is 12.2 Å². The second-order valence-electron chi connectivity index (χ2n) is 2.37. The first-order chi connectivity index (χ1) is 4.91. The van der Waals surface area contributed by atoms with E-state index in [1.807, 2.05) is 6.92 Å². The third kappa shape index (κ3) is 7.41. The van der Waals surface area contributed by atoms with Crippen LogP contribution < -0.4 is 0 Å². The highest BCUT2D eigenvalue weighted by Crippen LogP contribution is 2.01. The van der Waals surface area contributed by atoms with Gasteiger partial charge in [-0.1, -0.05) is 18.6 Å². The van der Waals surface area contributed by atoms with Gasteiger partial charge in [-0.15, -0.1) is 0 Å². The average Bonchev–Trinajstić information content (AvgIpc) is 1.97. The van der Waals surface area contributed by atoms with Crippen molar-refractivity contribution in [2.45, 2.75) is 39.0 Å². The van der Waals surface area contributed by atoms with Gasteiger partial charge in [-0.3, -0.25) is 0 Å². The van der Waals surface area contributed by atoms with E-state index in [0.717, 1.165) is 25.5 Å². The highest BCUT2D eigenvalue weighted by Gasteiger charge is 1.85. The number of rotatable bonds is 6. The molecule has 1 heteroatoms. The third-order valence-corrected chi connectivity index (χ3v) is 1.43. The summed E-state index contributed by atoms with van der Waals surface area (Å²) in [6.07, 6.45) is 10.6. The molecule has 0 fully saturated rings. The van der Waals surface area contributed by atoms with E-state index in [-0.39, 0.29) is 0 Å². The number of hydrogen-bond donors (Lipinski definition) is 0. The Morgan fingerprint density at radius 3 is 2.40 bits per heavy atom. The lowest BCUT2D eigenvalue weighted by Gasteiger charge is -1.92. The number of hydrogen-bond acceptors (Lipinski definition) is 1. The monoisotopic (exact) mass is 140 g/mol. The lowest BCUT2D eigenvalue weighted by molar-refractivity contribution is -0.107. The Hall–Kier alpha value is -0.590. The second kappa shape index (κ2) is 8.41. The highest BCUT2D eigenvalue weighted by atomic mass is 16.1. The molecule has 0 saturated heterocycles. The van der Waals surface area contributed by atoms with Gasteiger partial charge in [-0.2, -0.15) is 0 Å². The van der Waals surface area contributed by atoms with Gasteiger partial charge >= 0.3 is 0 Å². The fourth-order valence-electron chi connectivity index (χ4n) is 0.833. The van der Waals surface area contributed by atoms with Crippen LogP contribution in [0.5, 0.6) is 0 Å². The molecule has 0 aromatic rings. The molecular formula is C9H16O. The Balaban J connectivity index is 2.83. The predicted octanol–water partition coefficient (Wildman–Crippen LogP) is 2.71. The molecule has 58 valence electrons. The average molecular weight is 140 g/mol. The first-order valence-corrected chi connectivity index (χ1v) is 3.96. The first kappa shape index (κ1) is 9.41. The van der Waals surface area contributed by atoms with Crippen molar-refractivity contribution >= 4 is 6.29 Å². The van der Waals surface area contributed by atoms with Gasteiger partial charge in [0.25, 0.3) is 0 Å². The van der Waals surface area contributed by atoms with Crippen LogP contribution in [0, 0.1) is 0 Å². The molecule has 0 radical (unpaired) electrons. The molecule has 0 aliphatic rings. The molecule has 0 N–H and O–H groups in total. The van der Waals surface area contributed by atoms with Crippen LogP contribution >= 0.6 is 0 Å². The maximum atomic E-state index is 9.88. The van der Waals surface area contributed by atoms with Crippen molar-refractivity contribution in [3.05, 3.63) is 12.2 Å². The molecule has 0 atom stereocenters. The topological polar surface area (TPSA) is 17.1 Å². The molecule has 0 unspecified atom stereocenters. The maximum Gasteiger partial charge on any atom is 0.119 e. The molecule has 0 aliphatic carbocycles. The van der Waals surface area contributed by atoms with Crippen molar-refractivity contribution in [3.63, 3.8) is 0 Å². The summed E-state index contributed by atoms with van der Waals surface area (Å²) in [7, 11) is 0. The standard InChI is InChI=1S/C9H16O/c1-2-3-4-5-6-7-8-9-10/h2-3,9H,4-8H2,1H3. The Labute approximate surface area is 63.1 Å². The van der Waals surface area contributed by atoms with Gasteiger partial charge in [0.05, 0.1) is 0 Å². The summed E-state index contributed by atoms with van der Waals surface area (Å²) in [5.41, 5.74) is 0. The zero-order valence-corrected chi connectivity index (χ0v) is 6.68. The summed E-state index contributed by atoms with van der Waals surface area (Å²) in [6, 6.07) is 0. The van der Waals surface area contributed by atoms with Crippen LogP contribution in [-0.2, 0) is 4.79 Å². The van der Waals surface area contributed by atoms with E-state index in [9.17, 15) is 4.79 Å². The van der Waals surface area contributed by atoms with E-state index in [0.29, 0.717) is 0 Å². The van der Waals surface area contributed by atoms with Gasteiger partial charge in [0.15, 0.2) is 0 Å². The van der Waals surface area contributed by atoms with E-state index < -0.39 is 0 Å². The minimum atomic E-state index is 0.732. The Bertz CT molecular complexity index is 94.9. The molecule has 0 aromatic heterocycles. The summed E-state index contributed by atoms with van der Waals surface area (Å²) < 4.78 is 0. The number of carbonyl (C=O) groups is 1. The van der Waals surface area contributed by atoms with Gasteiger partial charge in [-0.25, -0.2) is 0 Å². The van der Waals surface area contributed by atoms with Crippen LogP contribution in [0.3, 0.4) is 0 Å². The Kier molecular flexibility index (Phi) is 7.91. The number of aldehydes is 1. The van der Waals surface area contributed by atoms with E-state index in [2.05, 4.69) is 12.2 Å². The first-order valence-electron chi connectivity index (χ1n) is 3.96. The molecule has 0 bridgehead atoms. The van der Waals surface area contributed by atoms with Gasteiger partial charge in [0.2, 0.25) is 0 Å². The number of carbonyl (C=O) groups excluding carboxylic acids is 1. The van der Waals surface area contributed by atoms with Gasteiger partial charge in [-0.05, 0) is 26.2 Å². The molecule has 0 amide bonds. The fourth-order valence-corrected chi connectivity index (χ4v) is 0.833. The normalized spacial score (nSPS) is 10.5. The Morgan fingerprint density at radius 2 is 1.80 bits per heavy atom.